The molecule has 5 nitrogen and oxygen atoms in total. The second-order valence-corrected chi connectivity index (χ2v) is 5.43. The number of hydrogen-bond donors (Lipinski definition) is 1. The molecule has 1 aromatic rings. The Morgan fingerprint density at radius 1 is 1.44 bits per heavy atom. The van der Waals surface area contributed by atoms with Crippen LogP contribution in [0.25, 0.3) is 0 Å². The number of carbonyl (C=O) groups excluding carboxylic acids is 2. The smallest absolute Gasteiger partial charge is 0.331 e. The maximum Gasteiger partial charge on any atom is 0.331 e. The van der Waals surface area contributed by atoms with Crippen molar-refractivity contribution in [3.8, 4) is 0 Å². The minimum atomic E-state index is -1.15. The molecule has 18 heavy (non-hydrogen) atoms. The first kappa shape index (κ1) is 15.2. The highest BCUT2D eigenvalue weighted by atomic mass is 35.5. The fourth-order valence-electron chi connectivity index (χ4n) is 1.10. The van der Waals surface area contributed by atoms with E-state index in [1.165, 1.54) is 0 Å². The molecule has 0 aliphatic carbocycles. The van der Waals surface area contributed by atoms with Gasteiger partial charge in [-0.2, -0.15) is 4.37 Å². The van der Waals surface area contributed by atoms with Crippen molar-refractivity contribution in [1.29, 1.82) is 0 Å². The van der Waals surface area contributed by atoms with Crippen molar-refractivity contribution in [2.24, 2.45) is 0 Å². The maximum atomic E-state index is 11.9. The van der Waals surface area contributed by atoms with Crippen LogP contribution in [-0.4, -0.2) is 28.4 Å². The minimum absolute atomic E-state index is 0.0701. The topological polar surface area (TPSA) is 68.3 Å². The Morgan fingerprint density at radius 2 is 2.06 bits per heavy atom. The number of carbonyl (C=O) groups is 2. The van der Waals surface area contributed by atoms with E-state index in [0.717, 1.165) is 11.5 Å². The predicted molar refractivity (Wildman–Crippen MR) is 70.3 cm³/mol. The molecule has 0 atom stereocenters. The van der Waals surface area contributed by atoms with Crippen LogP contribution < -0.4 is 5.32 Å². The third-order valence-corrected chi connectivity index (χ3v) is 3.81. The molecule has 1 rings (SSSR count). The average molecular weight is 311 g/mol. The van der Waals surface area contributed by atoms with Gasteiger partial charge in [-0.05, 0) is 32.3 Å². The summed E-state index contributed by atoms with van der Waals surface area (Å²) in [4.78, 5) is 23.7. The van der Waals surface area contributed by atoms with Crippen molar-refractivity contribution in [3.63, 3.8) is 0 Å². The fraction of sp³-hybridized carbons (Fsp3) is 0.500. The van der Waals surface area contributed by atoms with E-state index in [9.17, 15) is 9.59 Å². The molecule has 0 aromatic carbocycles. The van der Waals surface area contributed by atoms with Gasteiger partial charge in [0, 0.05) is 0 Å². The van der Waals surface area contributed by atoms with Crippen LogP contribution in [0.4, 0.5) is 0 Å². The van der Waals surface area contributed by atoms with Crippen LogP contribution in [0.15, 0.2) is 0 Å². The van der Waals surface area contributed by atoms with Gasteiger partial charge in [-0.15, -0.1) is 0 Å². The van der Waals surface area contributed by atoms with E-state index in [2.05, 4.69) is 9.69 Å². The number of rotatable bonds is 4. The summed E-state index contributed by atoms with van der Waals surface area (Å²) in [7, 11) is 0. The zero-order valence-electron chi connectivity index (χ0n) is 10.0. The van der Waals surface area contributed by atoms with Crippen molar-refractivity contribution in [2.75, 3.05) is 6.61 Å². The molecule has 1 N–H and O–H groups in total. The Balaban J connectivity index is 2.82. The van der Waals surface area contributed by atoms with Crippen LogP contribution in [0.2, 0.25) is 10.2 Å². The summed E-state index contributed by atoms with van der Waals surface area (Å²) in [5, 5.41) is 2.68. The third kappa shape index (κ3) is 3.34. The van der Waals surface area contributed by atoms with Gasteiger partial charge in [0.2, 0.25) is 0 Å². The summed E-state index contributed by atoms with van der Waals surface area (Å²) < 4.78 is 8.60. The molecule has 0 saturated heterocycles. The lowest BCUT2D eigenvalue weighted by Crippen LogP contribution is -2.50. The molecule has 0 radical (unpaired) electrons. The lowest BCUT2D eigenvalue weighted by molar-refractivity contribution is -0.149. The third-order valence-electron chi connectivity index (χ3n) is 2.02. The molecule has 100 valence electrons. The average Bonchev–Trinajstić information content (AvgIpc) is 2.59. The molecule has 0 aliphatic heterocycles. The van der Waals surface area contributed by atoms with Gasteiger partial charge in [0.15, 0.2) is 5.15 Å². The quantitative estimate of drug-likeness (QED) is 0.868. The Kier molecular flexibility index (Phi) is 4.95. The van der Waals surface area contributed by atoms with Crippen molar-refractivity contribution >= 4 is 46.6 Å². The molecule has 1 amide bonds. The van der Waals surface area contributed by atoms with Crippen molar-refractivity contribution in [3.05, 3.63) is 15.1 Å². The largest absolute Gasteiger partial charge is 0.464 e. The fourth-order valence-corrected chi connectivity index (χ4v) is 2.21. The normalized spacial score (nSPS) is 11.2. The number of ether oxygens (including phenoxy) is 1. The van der Waals surface area contributed by atoms with Crippen LogP contribution in [0, 0.1) is 0 Å². The highest BCUT2D eigenvalue weighted by Gasteiger charge is 2.32. The Bertz CT molecular complexity index is 474. The molecular formula is C10H12Cl2N2O3S. The van der Waals surface area contributed by atoms with E-state index < -0.39 is 17.4 Å². The van der Waals surface area contributed by atoms with E-state index in [1.807, 2.05) is 0 Å². The van der Waals surface area contributed by atoms with Crippen LogP contribution >= 0.6 is 34.7 Å². The first-order valence-electron chi connectivity index (χ1n) is 5.10. The van der Waals surface area contributed by atoms with Crippen LogP contribution in [-0.2, 0) is 9.53 Å². The van der Waals surface area contributed by atoms with Crippen LogP contribution in [0.1, 0.15) is 30.4 Å². The lowest BCUT2D eigenvalue weighted by atomic mass is 10.1. The predicted octanol–water partition coefficient (Wildman–Crippen LogP) is 2.52. The van der Waals surface area contributed by atoms with E-state index in [1.54, 1.807) is 20.8 Å². The van der Waals surface area contributed by atoms with Crippen LogP contribution in [0.5, 0.6) is 0 Å². The van der Waals surface area contributed by atoms with E-state index >= 15 is 0 Å². The first-order chi connectivity index (χ1) is 8.29. The zero-order valence-corrected chi connectivity index (χ0v) is 12.4. The molecule has 1 heterocycles. The summed E-state index contributed by atoms with van der Waals surface area (Å²) in [5.41, 5.74) is -1.15. The zero-order chi connectivity index (χ0) is 13.9. The molecular weight excluding hydrogens is 299 g/mol. The van der Waals surface area contributed by atoms with Gasteiger partial charge in [0.05, 0.1) is 6.61 Å². The number of halogens is 2. The molecule has 0 unspecified atom stereocenters. The molecule has 8 heteroatoms. The highest BCUT2D eigenvalue weighted by Crippen LogP contribution is 2.28. The number of hydrogen-bond acceptors (Lipinski definition) is 5. The second-order valence-electron chi connectivity index (χ2n) is 3.92. The SMILES string of the molecule is CCOC(=O)C(C)(C)NC(=O)c1snc(Cl)c1Cl. The summed E-state index contributed by atoms with van der Waals surface area (Å²) in [6, 6.07) is 0. The van der Waals surface area contributed by atoms with Gasteiger partial charge in [-0.1, -0.05) is 23.2 Å². The highest BCUT2D eigenvalue weighted by molar-refractivity contribution is 7.09. The number of nitrogens with zero attached hydrogens (tertiary/aromatic N) is 1. The van der Waals surface area contributed by atoms with Crippen LogP contribution in [0.3, 0.4) is 0 Å². The lowest BCUT2D eigenvalue weighted by Gasteiger charge is -2.23. The van der Waals surface area contributed by atoms with Gasteiger partial charge in [-0.3, -0.25) is 4.79 Å². The van der Waals surface area contributed by atoms with Gasteiger partial charge in [-0.25, -0.2) is 4.79 Å². The number of esters is 1. The van der Waals surface area contributed by atoms with Gasteiger partial charge < -0.3 is 10.1 Å². The summed E-state index contributed by atoms with van der Waals surface area (Å²) in [6.45, 7) is 5.01. The Labute approximate surface area is 119 Å². The molecule has 0 fully saturated rings. The van der Waals surface area contributed by atoms with Crippen molar-refractivity contribution < 1.29 is 14.3 Å². The van der Waals surface area contributed by atoms with Gasteiger partial charge in [0.25, 0.3) is 5.91 Å². The molecule has 0 saturated carbocycles. The first-order valence-corrected chi connectivity index (χ1v) is 6.63. The summed E-state index contributed by atoms with van der Waals surface area (Å²) in [5.74, 6) is -1.03. The van der Waals surface area contributed by atoms with E-state index in [0.29, 0.717) is 0 Å². The van der Waals surface area contributed by atoms with Gasteiger partial charge >= 0.3 is 5.97 Å². The maximum absolute atomic E-state index is 11.9. The molecule has 0 spiro atoms. The Morgan fingerprint density at radius 3 is 2.50 bits per heavy atom. The van der Waals surface area contributed by atoms with Crippen molar-refractivity contribution in [2.45, 2.75) is 26.3 Å². The van der Waals surface area contributed by atoms with E-state index in [-0.39, 0.29) is 21.7 Å². The molecule has 0 bridgehead atoms. The molecule has 1 aromatic heterocycles. The monoisotopic (exact) mass is 310 g/mol. The Hall–Kier alpha value is -0.850. The van der Waals surface area contributed by atoms with Crippen molar-refractivity contribution in [1.82, 2.24) is 9.69 Å². The number of amides is 1. The second kappa shape index (κ2) is 5.86. The standard InChI is InChI=1S/C10H12Cl2N2O3S/c1-4-17-9(16)10(2,3)13-8(15)6-5(11)7(12)14-18-6/h4H2,1-3H3,(H,13,15). The molecule has 0 aliphatic rings. The summed E-state index contributed by atoms with van der Waals surface area (Å²) in [6.07, 6.45) is 0. The van der Waals surface area contributed by atoms with Gasteiger partial charge in [0.1, 0.15) is 15.4 Å². The summed E-state index contributed by atoms with van der Waals surface area (Å²) >= 11 is 12.3. The van der Waals surface area contributed by atoms with E-state index in [4.69, 9.17) is 27.9 Å². The number of nitrogens with one attached hydrogen (secondary N) is 1. The minimum Gasteiger partial charge on any atom is -0.464 e. The number of aromatic nitrogens is 1.